The van der Waals surface area contributed by atoms with Crippen molar-refractivity contribution in [1.29, 1.82) is 0 Å². The number of hydrogen-bond donors (Lipinski definition) is 1. The smallest absolute Gasteiger partial charge is 0.0441 e. The third-order valence-corrected chi connectivity index (χ3v) is 5.01. The summed E-state index contributed by atoms with van der Waals surface area (Å²) in [5.74, 6) is 0. The maximum Gasteiger partial charge on any atom is 0.0441 e. The average Bonchev–Trinajstić information content (AvgIpc) is 2.42. The molecular formula is C17H19BrClN. The molecule has 1 atom stereocenters. The van der Waals surface area contributed by atoms with Crippen LogP contribution < -0.4 is 5.32 Å². The van der Waals surface area contributed by atoms with Gasteiger partial charge in [0.1, 0.15) is 0 Å². The van der Waals surface area contributed by atoms with Gasteiger partial charge in [0.05, 0.1) is 0 Å². The summed E-state index contributed by atoms with van der Waals surface area (Å²) < 4.78 is 1.17. The fourth-order valence-electron chi connectivity index (χ4n) is 2.34. The van der Waals surface area contributed by atoms with E-state index < -0.39 is 0 Å². The van der Waals surface area contributed by atoms with Gasteiger partial charge in [0.2, 0.25) is 0 Å². The van der Waals surface area contributed by atoms with Crippen molar-refractivity contribution in [2.75, 3.05) is 7.05 Å². The number of hydrogen-bond acceptors (Lipinski definition) is 1. The molecule has 20 heavy (non-hydrogen) atoms. The third kappa shape index (κ3) is 3.43. The maximum atomic E-state index is 6.35. The zero-order valence-corrected chi connectivity index (χ0v) is 14.3. The highest BCUT2D eigenvalue weighted by Gasteiger charge is 2.15. The highest BCUT2D eigenvalue weighted by molar-refractivity contribution is 9.10. The first-order valence-electron chi connectivity index (χ1n) is 6.70. The zero-order valence-electron chi connectivity index (χ0n) is 12.0. The number of halogens is 2. The number of aryl methyl sites for hydroxylation is 2. The lowest BCUT2D eigenvalue weighted by Crippen LogP contribution is -2.19. The molecule has 0 saturated heterocycles. The van der Waals surface area contributed by atoms with Gasteiger partial charge >= 0.3 is 0 Å². The van der Waals surface area contributed by atoms with Crippen LogP contribution in [0.3, 0.4) is 0 Å². The van der Waals surface area contributed by atoms with Crippen LogP contribution in [0.25, 0.3) is 0 Å². The summed E-state index contributed by atoms with van der Waals surface area (Å²) in [7, 11) is 1.99. The molecule has 2 aromatic rings. The minimum absolute atomic E-state index is 0.240. The van der Waals surface area contributed by atoms with Gasteiger partial charge in [-0.15, -0.1) is 0 Å². The van der Waals surface area contributed by atoms with Gasteiger partial charge in [0.15, 0.2) is 0 Å². The Morgan fingerprint density at radius 1 is 1.20 bits per heavy atom. The lowest BCUT2D eigenvalue weighted by Gasteiger charge is -2.20. The standard InChI is InChI=1S/C17H19BrClN/c1-11-7-8-13(15(19)9-11)10-16(20-3)14-6-4-5-12(2)17(14)18/h4-9,16,20H,10H2,1-3H3. The van der Waals surface area contributed by atoms with Gasteiger partial charge in [-0.3, -0.25) is 0 Å². The van der Waals surface area contributed by atoms with E-state index in [0.717, 1.165) is 11.4 Å². The molecule has 0 aliphatic rings. The van der Waals surface area contributed by atoms with E-state index in [2.05, 4.69) is 65.4 Å². The molecule has 0 aliphatic carbocycles. The fraction of sp³-hybridized carbons (Fsp3) is 0.294. The van der Waals surface area contributed by atoms with Gasteiger partial charge in [0.25, 0.3) is 0 Å². The van der Waals surface area contributed by atoms with Crippen LogP contribution in [0.2, 0.25) is 5.02 Å². The Hall–Kier alpha value is -0.830. The Labute approximate surface area is 134 Å². The topological polar surface area (TPSA) is 12.0 Å². The van der Waals surface area contributed by atoms with E-state index in [0.29, 0.717) is 0 Å². The van der Waals surface area contributed by atoms with Crippen molar-refractivity contribution in [3.8, 4) is 0 Å². The maximum absolute atomic E-state index is 6.35. The van der Waals surface area contributed by atoms with Crippen molar-refractivity contribution in [2.45, 2.75) is 26.3 Å². The molecule has 0 spiro atoms. The molecule has 0 aliphatic heterocycles. The number of nitrogens with one attached hydrogen (secondary N) is 1. The van der Waals surface area contributed by atoms with E-state index in [-0.39, 0.29) is 6.04 Å². The Morgan fingerprint density at radius 3 is 2.60 bits per heavy atom. The fourth-order valence-corrected chi connectivity index (χ4v) is 3.20. The van der Waals surface area contributed by atoms with E-state index in [1.165, 1.54) is 26.7 Å². The monoisotopic (exact) mass is 351 g/mol. The molecule has 3 heteroatoms. The summed E-state index contributed by atoms with van der Waals surface area (Å²) in [5, 5.41) is 4.23. The molecule has 0 aromatic heterocycles. The van der Waals surface area contributed by atoms with Gasteiger partial charge in [-0.25, -0.2) is 0 Å². The van der Waals surface area contributed by atoms with Crippen molar-refractivity contribution < 1.29 is 0 Å². The molecule has 2 aromatic carbocycles. The van der Waals surface area contributed by atoms with Crippen molar-refractivity contribution in [3.63, 3.8) is 0 Å². The molecular weight excluding hydrogens is 334 g/mol. The van der Waals surface area contributed by atoms with Crippen molar-refractivity contribution in [2.24, 2.45) is 0 Å². The van der Waals surface area contributed by atoms with Crippen LogP contribution in [0.5, 0.6) is 0 Å². The minimum atomic E-state index is 0.240. The van der Waals surface area contributed by atoms with Crippen LogP contribution in [0, 0.1) is 13.8 Å². The SMILES string of the molecule is CNC(Cc1ccc(C)cc1Cl)c1cccc(C)c1Br. The lowest BCUT2D eigenvalue weighted by atomic mass is 9.97. The third-order valence-electron chi connectivity index (χ3n) is 3.58. The molecule has 0 heterocycles. The van der Waals surface area contributed by atoms with Crippen molar-refractivity contribution >= 4 is 27.5 Å². The molecule has 0 fully saturated rings. The second kappa shape index (κ2) is 6.75. The van der Waals surface area contributed by atoms with Gasteiger partial charge in [0, 0.05) is 15.5 Å². The summed E-state index contributed by atoms with van der Waals surface area (Å²) in [6.07, 6.45) is 0.873. The second-order valence-electron chi connectivity index (χ2n) is 5.12. The Bertz CT molecular complexity index is 610. The van der Waals surface area contributed by atoms with Crippen LogP contribution in [-0.4, -0.2) is 7.05 Å². The molecule has 1 unspecified atom stereocenters. The highest BCUT2D eigenvalue weighted by atomic mass is 79.9. The Kier molecular flexibility index (Phi) is 5.25. The van der Waals surface area contributed by atoms with E-state index in [1.54, 1.807) is 0 Å². The van der Waals surface area contributed by atoms with Gasteiger partial charge < -0.3 is 5.32 Å². The van der Waals surface area contributed by atoms with E-state index in [9.17, 15) is 0 Å². The van der Waals surface area contributed by atoms with Crippen molar-refractivity contribution in [3.05, 3.63) is 68.1 Å². The number of likely N-dealkylation sites (N-methyl/N-ethyl adjacent to an activating group) is 1. The summed E-state index contributed by atoms with van der Waals surface area (Å²) in [6, 6.07) is 12.8. The Morgan fingerprint density at radius 2 is 1.95 bits per heavy atom. The normalized spacial score (nSPS) is 12.4. The van der Waals surface area contributed by atoms with Crippen LogP contribution >= 0.6 is 27.5 Å². The number of rotatable bonds is 4. The van der Waals surface area contributed by atoms with E-state index >= 15 is 0 Å². The molecule has 0 bridgehead atoms. The predicted octanol–water partition coefficient (Wildman–Crippen LogP) is 5.22. The molecule has 1 nitrogen and oxygen atoms in total. The highest BCUT2D eigenvalue weighted by Crippen LogP contribution is 2.30. The van der Waals surface area contributed by atoms with Crippen LogP contribution in [0.4, 0.5) is 0 Å². The van der Waals surface area contributed by atoms with Gasteiger partial charge in [-0.05, 0) is 55.6 Å². The summed E-state index contributed by atoms with van der Waals surface area (Å²) in [6.45, 7) is 4.17. The van der Waals surface area contributed by atoms with Crippen molar-refractivity contribution in [1.82, 2.24) is 5.32 Å². The van der Waals surface area contributed by atoms with Crippen LogP contribution in [0.1, 0.15) is 28.3 Å². The summed E-state index contributed by atoms with van der Waals surface area (Å²) in [4.78, 5) is 0. The lowest BCUT2D eigenvalue weighted by molar-refractivity contribution is 0.589. The molecule has 106 valence electrons. The molecule has 0 saturated carbocycles. The zero-order chi connectivity index (χ0) is 14.7. The first kappa shape index (κ1) is 15.6. The van der Waals surface area contributed by atoms with Crippen LogP contribution in [0.15, 0.2) is 40.9 Å². The van der Waals surface area contributed by atoms with Gasteiger partial charge in [-0.1, -0.05) is 57.9 Å². The quantitative estimate of drug-likeness (QED) is 0.795. The minimum Gasteiger partial charge on any atom is -0.313 e. The first-order chi connectivity index (χ1) is 9.52. The molecule has 0 amide bonds. The average molecular weight is 353 g/mol. The second-order valence-corrected chi connectivity index (χ2v) is 6.32. The Balaban J connectivity index is 2.31. The summed E-state index contributed by atoms with van der Waals surface area (Å²) >= 11 is 10.0. The largest absolute Gasteiger partial charge is 0.313 e. The molecule has 0 radical (unpaired) electrons. The van der Waals surface area contributed by atoms with Gasteiger partial charge in [-0.2, -0.15) is 0 Å². The summed E-state index contributed by atoms with van der Waals surface area (Å²) in [5.41, 5.74) is 4.88. The van der Waals surface area contributed by atoms with E-state index in [4.69, 9.17) is 11.6 Å². The van der Waals surface area contributed by atoms with E-state index in [1.807, 2.05) is 13.1 Å². The predicted molar refractivity (Wildman–Crippen MR) is 90.6 cm³/mol. The van der Waals surface area contributed by atoms with Crippen LogP contribution in [-0.2, 0) is 6.42 Å². The molecule has 2 rings (SSSR count). The number of benzene rings is 2. The molecule has 1 N–H and O–H groups in total. The first-order valence-corrected chi connectivity index (χ1v) is 7.87.